The summed E-state index contributed by atoms with van der Waals surface area (Å²) in [5, 5.41) is 0. The summed E-state index contributed by atoms with van der Waals surface area (Å²) in [6, 6.07) is 18.2. The van der Waals surface area contributed by atoms with E-state index in [1.807, 2.05) is 4.90 Å². The summed E-state index contributed by atoms with van der Waals surface area (Å²) in [4.78, 5) is 30.3. The molecular weight excluding hydrogens is 455 g/mol. The largest absolute Gasteiger partial charge is 0.336 e. The highest BCUT2D eigenvalue weighted by Crippen LogP contribution is 2.14. The van der Waals surface area contributed by atoms with Gasteiger partial charge in [0.05, 0.1) is 17.8 Å². The summed E-state index contributed by atoms with van der Waals surface area (Å²) >= 11 is 0. The van der Waals surface area contributed by atoms with Crippen LogP contribution >= 0.6 is 0 Å². The minimum absolute atomic E-state index is 0.0434. The molecule has 8 heteroatoms. The van der Waals surface area contributed by atoms with Crippen molar-refractivity contribution in [3.8, 4) is 0 Å². The first-order chi connectivity index (χ1) is 17.5. The molecule has 1 aliphatic rings. The van der Waals surface area contributed by atoms with E-state index in [2.05, 4.69) is 51.1 Å². The summed E-state index contributed by atoms with van der Waals surface area (Å²) in [6.45, 7) is 6.38. The Morgan fingerprint density at radius 3 is 2.33 bits per heavy atom. The molecule has 0 unspecified atom stereocenters. The van der Waals surface area contributed by atoms with E-state index in [0.29, 0.717) is 36.7 Å². The lowest BCUT2D eigenvalue weighted by Crippen LogP contribution is -2.48. The average molecular weight is 487 g/mol. The third-order valence-electron chi connectivity index (χ3n) is 6.08. The Hall–Kier alpha value is -3.75. The zero-order valence-corrected chi connectivity index (χ0v) is 20.5. The van der Waals surface area contributed by atoms with Crippen LogP contribution in [0.25, 0.3) is 0 Å². The van der Waals surface area contributed by atoms with E-state index < -0.39 is 0 Å². The minimum atomic E-state index is -0.231. The maximum Gasteiger partial charge on any atom is 0.255 e. The number of nitrogens with zero attached hydrogens (tertiary/aromatic N) is 5. The van der Waals surface area contributed by atoms with Gasteiger partial charge in [0, 0.05) is 51.7 Å². The lowest BCUT2D eigenvalue weighted by molar-refractivity contribution is 0.0628. The number of pyridine rings is 1. The normalized spacial score (nSPS) is 15.0. The summed E-state index contributed by atoms with van der Waals surface area (Å²) < 4.78 is 13.1. The number of halogens is 1. The zero-order valence-electron chi connectivity index (χ0n) is 20.5. The standard InChI is InChI=1S/C28H31FN6O/c1-21-2-4-22(5-3-21)17-31-19-26(16-30)33-27-11-8-24(18-32-27)28(36)35-14-12-34(13-15-35)20-23-6-9-25(29)10-7-23/h2-11,18-19H,12-17,20,30H2,1H3. The Bertz CT molecular complexity index is 1200. The van der Waals surface area contributed by atoms with Crippen molar-refractivity contribution in [2.24, 2.45) is 15.7 Å². The predicted molar refractivity (Wildman–Crippen MR) is 141 cm³/mol. The number of hydrogen-bond donors (Lipinski definition) is 1. The molecule has 1 fully saturated rings. The molecule has 0 bridgehead atoms. The summed E-state index contributed by atoms with van der Waals surface area (Å²) in [7, 11) is 0. The number of carbonyl (C=O) groups excluding carboxylic acids is 1. The van der Waals surface area contributed by atoms with Crippen molar-refractivity contribution in [1.29, 1.82) is 0 Å². The predicted octanol–water partition coefficient (Wildman–Crippen LogP) is 3.79. The number of aryl methyl sites for hydroxylation is 1. The molecule has 0 saturated carbocycles. The van der Waals surface area contributed by atoms with Crippen molar-refractivity contribution in [2.75, 3.05) is 32.7 Å². The van der Waals surface area contributed by atoms with E-state index in [0.717, 1.165) is 30.8 Å². The highest BCUT2D eigenvalue weighted by Gasteiger charge is 2.22. The fraction of sp³-hybridized carbons (Fsp3) is 0.286. The fourth-order valence-corrected chi connectivity index (χ4v) is 3.94. The second-order valence-corrected chi connectivity index (χ2v) is 8.86. The highest BCUT2D eigenvalue weighted by atomic mass is 19.1. The third-order valence-corrected chi connectivity index (χ3v) is 6.08. The number of rotatable bonds is 8. The van der Waals surface area contributed by atoms with Crippen LogP contribution in [0.2, 0.25) is 0 Å². The van der Waals surface area contributed by atoms with E-state index in [1.54, 1.807) is 36.7 Å². The molecule has 1 saturated heterocycles. The van der Waals surface area contributed by atoms with Gasteiger partial charge < -0.3 is 10.6 Å². The van der Waals surface area contributed by atoms with Gasteiger partial charge >= 0.3 is 0 Å². The zero-order chi connectivity index (χ0) is 25.3. The smallest absolute Gasteiger partial charge is 0.255 e. The van der Waals surface area contributed by atoms with Gasteiger partial charge in [0.1, 0.15) is 5.82 Å². The Labute approximate surface area is 211 Å². The van der Waals surface area contributed by atoms with E-state index in [9.17, 15) is 9.18 Å². The Morgan fingerprint density at radius 1 is 1.00 bits per heavy atom. The fourth-order valence-electron chi connectivity index (χ4n) is 3.94. The molecule has 7 nitrogen and oxygen atoms in total. The van der Waals surface area contributed by atoms with Crippen LogP contribution in [0.5, 0.6) is 0 Å². The Balaban J connectivity index is 1.29. The number of nitrogens with two attached hydrogens (primary N) is 1. The van der Waals surface area contributed by atoms with E-state index in [1.165, 1.54) is 17.7 Å². The van der Waals surface area contributed by atoms with E-state index in [4.69, 9.17) is 5.73 Å². The molecular formula is C28H31FN6O. The van der Waals surface area contributed by atoms with Crippen LogP contribution in [-0.2, 0) is 13.1 Å². The van der Waals surface area contributed by atoms with Gasteiger partial charge in [-0.2, -0.15) is 0 Å². The van der Waals surface area contributed by atoms with Crippen LogP contribution in [-0.4, -0.2) is 65.3 Å². The SMILES string of the molecule is Cc1ccc(CN=CC(CN)=Nc2ccc(C(=O)N3CCN(Cc4ccc(F)cc4)CC3)cn2)cc1. The molecule has 2 aromatic carbocycles. The summed E-state index contributed by atoms with van der Waals surface area (Å²) in [6.07, 6.45) is 3.23. The molecule has 0 aliphatic carbocycles. The Morgan fingerprint density at radius 2 is 1.69 bits per heavy atom. The van der Waals surface area contributed by atoms with Crippen LogP contribution in [0, 0.1) is 12.7 Å². The van der Waals surface area contributed by atoms with Gasteiger partial charge in [0.15, 0.2) is 5.82 Å². The molecule has 1 amide bonds. The first-order valence-corrected chi connectivity index (χ1v) is 12.1. The third kappa shape index (κ3) is 7.13. The van der Waals surface area contributed by atoms with Crippen LogP contribution in [0.15, 0.2) is 76.8 Å². The van der Waals surface area contributed by atoms with Gasteiger partial charge in [-0.05, 0) is 42.3 Å². The molecule has 36 heavy (non-hydrogen) atoms. The molecule has 2 N–H and O–H groups in total. The van der Waals surface area contributed by atoms with Gasteiger partial charge in [0.2, 0.25) is 0 Å². The number of hydrogen-bond acceptors (Lipinski definition) is 6. The van der Waals surface area contributed by atoms with Gasteiger partial charge in [-0.25, -0.2) is 14.4 Å². The first kappa shape index (κ1) is 25.3. The molecule has 1 aliphatic heterocycles. The average Bonchev–Trinajstić information content (AvgIpc) is 2.91. The summed E-state index contributed by atoms with van der Waals surface area (Å²) in [5.41, 5.74) is 10.4. The molecule has 0 radical (unpaired) electrons. The molecule has 0 atom stereocenters. The topological polar surface area (TPSA) is 87.2 Å². The molecule has 186 valence electrons. The maximum absolute atomic E-state index is 13.1. The highest BCUT2D eigenvalue weighted by molar-refractivity contribution is 6.32. The number of amides is 1. The van der Waals surface area contributed by atoms with Crippen molar-refractivity contribution in [2.45, 2.75) is 20.0 Å². The second-order valence-electron chi connectivity index (χ2n) is 8.86. The van der Waals surface area contributed by atoms with Crippen molar-refractivity contribution in [3.63, 3.8) is 0 Å². The second kappa shape index (κ2) is 12.3. The lowest BCUT2D eigenvalue weighted by atomic mass is 10.1. The number of carbonyl (C=O) groups is 1. The van der Waals surface area contributed by atoms with Crippen molar-refractivity contribution >= 4 is 23.7 Å². The van der Waals surface area contributed by atoms with Crippen LogP contribution in [0.3, 0.4) is 0 Å². The summed E-state index contributed by atoms with van der Waals surface area (Å²) in [5.74, 6) is 0.209. The monoisotopic (exact) mass is 486 g/mol. The first-order valence-electron chi connectivity index (χ1n) is 12.1. The van der Waals surface area contributed by atoms with Crippen molar-refractivity contribution in [1.82, 2.24) is 14.8 Å². The quantitative estimate of drug-likeness (QED) is 0.491. The lowest BCUT2D eigenvalue weighted by Gasteiger charge is -2.34. The number of benzene rings is 2. The molecule has 4 rings (SSSR count). The molecule has 1 aromatic heterocycles. The van der Waals surface area contributed by atoms with E-state index >= 15 is 0 Å². The molecule has 3 aromatic rings. The van der Waals surface area contributed by atoms with Crippen LogP contribution in [0.1, 0.15) is 27.0 Å². The van der Waals surface area contributed by atoms with Gasteiger partial charge in [-0.1, -0.05) is 42.0 Å². The number of piperazine rings is 1. The van der Waals surface area contributed by atoms with Gasteiger partial charge in [-0.15, -0.1) is 0 Å². The van der Waals surface area contributed by atoms with Gasteiger partial charge in [0.25, 0.3) is 5.91 Å². The molecule has 0 spiro atoms. The Kier molecular flexibility index (Phi) is 8.65. The van der Waals surface area contributed by atoms with Crippen molar-refractivity contribution in [3.05, 3.63) is 94.9 Å². The van der Waals surface area contributed by atoms with Crippen molar-refractivity contribution < 1.29 is 9.18 Å². The van der Waals surface area contributed by atoms with Crippen LogP contribution < -0.4 is 5.73 Å². The minimum Gasteiger partial charge on any atom is -0.336 e. The maximum atomic E-state index is 13.1. The van der Waals surface area contributed by atoms with Gasteiger partial charge in [-0.3, -0.25) is 14.7 Å². The molecule has 2 heterocycles. The van der Waals surface area contributed by atoms with E-state index in [-0.39, 0.29) is 18.3 Å². The van der Waals surface area contributed by atoms with Crippen LogP contribution in [0.4, 0.5) is 10.2 Å². The number of aliphatic imine (C=N–C) groups is 2. The number of aromatic nitrogens is 1.